The Morgan fingerprint density at radius 1 is 1.17 bits per heavy atom. The van der Waals surface area contributed by atoms with Crippen molar-refractivity contribution in [3.63, 3.8) is 0 Å². The first-order chi connectivity index (χ1) is 14.4. The van der Waals surface area contributed by atoms with Gasteiger partial charge in [0.2, 0.25) is 0 Å². The number of nitrogens with zero attached hydrogens (tertiary/aromatic N) is 4. The highest BCUT2D eigenvalue weighted by molar-refractivity contribution is 7.98. The van der Waals surface area contributed by atoms with Crippen LogP contribution in [0.4, 0.5) is 5.82 Å². The van der Waals surface area contributed by atoms with Gasteiger partial charge in [0.05, 0.1) is 13.2 Å². The second-order valence-corrected chi connectivity index (χ2v) is 8.94. The van der Waals surface area contributed by atoms with Crippen molar-refractivity contribution in [3.8, 4) is 0 Å². The molecule has 4 rings (SSSR count). The van der Waals surface area contributed by atoms with Gasteiger partial charge in [-0.1, -0.05) is 35.5 Å². The molecule has 160 valence electrons. The molecule has 2 saturated heterocycles. The van der Waals surface area contributed by atoms with Crippen LogP contribution in [0.3, 0.4) is 0 Å². The fourth-order valence-corrected chi connectivity index (χ4v) is 4.63. The molecule has 0 aliphatic carbocycles. The molecule has 2 aliphatic heterocycles. The highest BCUT2D eigenvalue weighted by Gasteiger charge is 2.40. The molecular weight excluding hydrogens is 424 g/mol. The fraction of sp³-hybridized carbons (Fsp3) is 0.476. The first-order valence-electron chi connectivity index (χ1n) is 9.95. The van der Waals surface area contributed by atoms with Crippen molar-refractivity contribution in [2.75, 3.05) is 45.3 Å². The van der Waals surface area contributed by atoms with E-state index in [-0.39, 0.29) is 5.91 Å². The third-order valence-corrected chi connectivity index (χ3v) is 6.43. The van der Waals surface area contributed by atoms with E-state index in [1.807, 2.05) is 48.2 Å². The Bertz CT molecular complexity index is 894. The highest BCUT2D eigenvalue weighted by atomic mass is 35.5. The molecule has 1 aromatic carbocycles. The van der Waals surface area contributed by atoms with Gasteiger partial charge in [0, 0.05) is 57.4 Å². The van der Waals surface area contributed by atoms with Gasteiger partial charge >= 0.3 is 0 Å². The molecule has 0 N–H and O–H groups in total. The molecule has 3 heterocycles. The summed E-state index contributed by atoms with van der Waals surface area (Å²) in [4.78, 5) is 25.4. The summed E-state index contributed by atoms with van der Waals surface area (Å²) >= 11 is 7.61. The topological polar surface area (TPSA) is 67.8 Å². The minimum atomic E-state index is -0.466. The number of aromatic nitrogens is 2. The molecule has 1 spiro atoms. The molecule has 0 bridgehead atoms. The van der Waals surface area contributed by atoms with Crippen molar-refractivity contribution < 1.29 is 14.3 Å². The number of piperidine rings is 1. The molecule has 7 nitrogen and oxygen atoms in total. The first kappa shape index (κ1) is 21.4. The van der Waals surface area contributed by atoms with E-state index in [0.29, 0.717) is 47.9 Å². The Kier molecular flexibility index (Phi) is 6.48. The summed E-state index contributed by atoms with van der Waals surface area (Å²) in [6.07, 6.45) is 1.45. The molecule has 0 atom stereocenters. The molecule has 0 unspecified atom stereocenters. The van der Waals surface area contributed by atoms with Crippen LogP contribution in [0.15, 0.2) is 35.5 Å². The molecule has 0 saturated carbocycles. The fourth-order valence-electron chi connectivity index (χ4n) is 3.59. The predicted molar refractivity (Wildman–Crippen MR) is 117 cm³/mol. The van der Waals surface area contributed by atoms with E-state index in [9.17, 15) is 4.79 Å². The van der Waals surface area contributed by atoms with Crippen LogP contribution in [0.1, 0.15) is 28.8 Å². The molecule has 2 fully saturated rings. The second-order valence-electron chi connectivity index (χ2n) is 7.61. The Morgan fingerprint density at radius 2 is 1.83 bits per heavy atom. The molecule has 1 aromatic heterocycles. The third kappa shape index (κ3) is 4.88. The first-order valence-corrected chi connectivity index (χ1v) is 11.3. The molecule has 1 amide bonds. The lowest BCUT2D eigenvalue weighted by Gasteiger charge is -2.37. The van der Waals surface area contributed by atoms with E-state index in [1.165, 1.54) is 11.8 Å². The Morgan fingerprint density at radius 3 is 2.47 bits per heavy atom. The molecule has 2 aliphatic rings. The zero-order valence-electron chi connectivity index (χ0n) is 17.1. The number of likely N-dealkylation sites (tertiary alicyclic amines) is 1. The van der Waals surface area contributed by atoms with Gasteiger partial charge in [-0.3, -0.25) is 4.79 Å². The smallest absolute Gasteiger partial charge is 0.253 e. The average molecular weight is 449 g/mol. The van der Waals surface area contributed by atoms with Gasteiger partial charge in [0.15, 0.2) is 10.9 Å². The lowest BCUT2D eigenvalue weighted by atomic mass is 10.0. The molecular formula is C21H25ClN4O3S. The second kappa shape index (κ2) is 9.09. The van der Waals surface area contributed by atoms with E-state index < -0.39 is 5.79 Å². The minimum absolute atomic E-state index is 0.0517. The number of hydrogen-bond acceptors (Lipinski definition) is 7. The quantitative estimate of drug-likeness (QED) is 0.394. The van der Waals surface area contributed by atoms with Gasteiger partial charge < -0.3 is 19.3 Å². The number of rotatable bonds is 5. The van der Waals surface area contributed by atoms with E-state index in [1.54, 1.807) is 6.07 Å². The number of halogens is 1. The van der Waals surface area contributed by atoms with E-state index in [0.717, 1.165) is 24.2 Å². The molecule has 30 heavy (non-hydrogen) atoms. The van der Waals surface area contributed by atoms with E-state index in [2.05, 4.69) is 9.97 Å². The third-order valence-electron chi connectivity index (χ3n) is 5.31. The zero-order chi connectivity index (χ0) is 21.1. The van der Waals surface area contributed by atoms with Crippen LogP contribution in [-0.2, 0) is 15.2 Å². The van der Waals surface area contributed by atoms with Crippen molar-refractivity contribution in [2.24, 2.45) is 0 Å². The van der Waals surface area contributed by atoms with Crippen molar-refractivity contribution in [1.29, 1.82) is 0 Å². The standard InChI is InChI=1S/C21H25ClN4O3S/c1-25(2)18-13-17(22)23-20(24-18)30-14-15-3-5-16(6-4-15)19(27)26-9-7-21(8-10-26)28-11-12-29-21/h3-6,13H,7-12,14H2,1-2H3. The number of thioether (sulfide) groups is 1. The van der Waals surface area contributed by atoms with Crippen LogP contribution in [0.2, 0.25) is 5.15 Å². The average Bonchev–Trinajstić information content (AvgIpc) is 3.20. The number of benzene rings is 1. The number of hydrogen-bond donors (Lipinski definition) is 0. The van der Waals surface area contributed by atoms with Gasteiger partial charge in [0.1, 0.15) is 11.0 Å². The number of amides is 1. The normalized spacial score (nSPS) is 18.0. The summed E-state index contributed by atoms with van der Waals surface area (Å²) in [6.45, 7) is 2.59. The monoisotopic (exact) mass is 448 g/mol. The summed E-state index contributed by atoms with van der Waals surface area (Å²) < 4.78 is 11.5. The lowest BCUT2D eigenvalue weighted by molar-refractivity contribution is -0.181. The molecule has 0 radical (unpaired) electrons. The van der Waals surface area contributed by atoms with Gasteiger partial charge in [-0.05, 0) is 17.7 Å². The zero-order valence-corrected chi connectivity index (χ0v) is 18.7. The minimum Gasteiger partial charge on any atom is -0.363 e. The Balaban J connectivity index is 1.33. The van der Waals surface area contributed by atoms with Crippen LogP contribution < -0.4 is 4.90 Å². The van der Waals surface area contributed by atoms with Crippen LogP contribution in [0.5, 0.6) is 0 Å². The van der Waals surface area contributed by atoms with Crippen LogP contribution in [-0.4, -0.2) is 67.0 Å². The highest BCUT2D eigenvalue weighted by Crippen LogP contribution is 2.32. The van der Waals surface area contributed by atoms with E-state index >= 15 is 0 Å². The predicted octanol–water partition coefficient (Wildman–Crippen LogP) is 3.47. The Labute approximate surface area is 185 Å². The maximum absolute atomic E-state index is 12.8. The van der Waals surface area contributed by atoms with Gasteiger partial charge in [-0.2, -0.15) is 0 Å². The van der Waals surface area contributed by atoms with Crippen molar-refractivity contribution in [3.05, 3.63) is 46.6 Å². The summed E-state index contributed by atoms with van der Waals surface area (Å²) in [7, 11) is 3.83. The number of carbonyl (C=O) groups is 1. The summed E-state index contributed by atoms with van der Waals surface area (Å²) in [6, 6.07) is 9.46. The maximum Gasteiger partial charge on any atom is 0.253 e. The van der Waals surface area contributed by atoms with E-state index in [4.69, 9.17) is 21.1 Å². The molecule has 2 aromatic rings. The van der Waals surface area contributed by atoms with Crippen LogP contribution in [0, 0.1) is 0 Å². The summed E-state index contributed by atoms with van der Waals surface area (Å²) in [5, 5.41) is 1.05. The maximum atomic E-state index is 12.8. The largest absolute Gasteiger partial charge is 0.363 e. The van der Waals surface area contributed by atoms with Gasteiger partial charge in [-0.15, -0.1) is 0 Å². The lowest BCUT2D eigenvalue weighted by Crippen LogP contribution is -2.47. The SMILES string of the molecule is CN(C)c1cc(Cl)nc(SCc2ccc(C(=O)N3CCC4(CC3)OCCO4)cc2)n1. The van der Waals surface area contributed by atoms with Gasteiger partial charge in [-0.25, -0.2) is 9.97 Å². The number of anilines is 1. The van der Waals surface area contributed by atoms with Crippen LogP contribution in [0.25, 0.3) is 0 Å². The number of ether oxygens (including phenoxy) is 2. The van der Waals surface area contributed by atoms with Crippen molar-refractivity contribution >= 4 is 35.1 Å². The van der Waals surface area contributed by atoms with Crippen LogP contribution >= 0.6 is 23.4 Å². The van der Waals surface area contributed by atoms with Crippen molar-refractivity contribution in [2.45, 2.75) is 29.5 Å². The summed E-state index contributed by atoms with van der Waals surface area (Å²) in [5.41, 5.74) is 1.79. The Hall–Kier alpha value is -1.87. The van der Waals surface area contributed by atoms with Gasteiger partial charge in [0.25, 0.3) is 5.91 Å². The number of carbonyl (C=O) groups excluding carboxylic acids is 1. The van der Waals surface area contributed by atoms with Crippen molar-refractivity contribution in [1.82, 2.24) is 14.9 Å². The molecule has 9 heteroatoms. The summed E-state index contributed by atoms with van der Waals surface area (Å²) in [5.74, 6) is 1.06.